The molecule has 19 heavy (non-hydrogen) atoms. The van der Waals surface area contributed by atoms with Gasteiger partial charge in [0.25, 0.3) is 0 Å². The number of hydrogen-bond acceptors (Lipinski definition) is 4. The van der Waals surface area contributed by atoms with Crippen LogP contribution in [0.15, 0.2) is 36.0 Å². The van der Waals surface area contributed by atoms with Crippen LogP contribution >= 0.6 is 11.3 Å². The predicted octanol–water partition coefficient (Wildman–Crippen LogP) is 2.52. The van der Waals surface area contributed by atoms with Crippen LogP contribution in [0.5, 0.6) is 0 Å². The van der Waals surface area contributed by atoms with Crippen molar-refractivity contribution in [3.8, 4) is 0 Å². The summed E-state index contributed by atoms with van der Waals surface area (Å²) in [6, 6.07) is 3.74. The summed E-state index contributed by atoms with van der Waals surface area (Å²) in [6.45, 7) is 2.48. The van der Waals surface area contributed by atoms with E-state index in [0.717, 1.165) is 16.3 Å². The average molecular weight is 273 g/mol. The fraction of sp³-hybridized carbons (Fsp3) is 0.214. The van der Waals surface area contributed by atoms with Crippen LogP contribution in [0.4, 0.5) is 0 Å². The molecule has 5 heteroatoms. The van der Waals surface area contributed by atoms with Crippen molar-refractivity contribution in [1.29, 1.82) is 0 Å². The van der Waals surface area contributed by atoms with Crippen molar-refractivity contribution in [2.45, 2.75) is 13.5 Å². The van der Waals surface area contributed by atoms with E-state index < -0.39 is 0 Å². The summed E-state index contributed by atoms with van der Waals surface area (Å²) in [5.74, 6) is -0.0468. The molecule has 4 nitrogen and oxygen atoms in total. The first-order valence-corrected chi connectivity index (χ1v) is 6.77. The van der Waals surface area contributed by atoms with Gasteiger partial charge in [0.1, 0.15) is 0 Å². The van der Waals surface area contributed by atoms with Gasteiger partial charge in [-0.1, -0.05) is 6.07 Å². The molecule has 0 saturated carbocycles. The Balaban J connectivity index is 1.94. The summed E-state index contributed by atoms with van der Waals surface area (Å²) in [5.41, 5.74) is 1.84. The zero-order chi connectivity index (χ0) is 13.7. The van der Waals surface area contributed by atoms with Crippen LogP contribution in [0, 0.1) is 6.92 Å². The molecule has 0 bridgehead atoms. The van der Waals surface area contributed by atoms with Gasteiger partial charge < -0.3 is 4.90 Å². The lowest BCUT2D eigenvalue weighted by molar-refractivity contribution is -0.125. The Bertz CT molecular complexity index is 577. The molecule has 2 heterocycles. The second-order valence-corrected chi connectivity index (χ2v) is 5.23. The summed E-state index contributed by atoms with van der Waals surface area (Å²) < 4.78 is 0. The van der Waals surface area contributed by atoms with Crippen LogP contribution < -0.4 is 0 Å². The lowest BCUT2D eigenvalue weighted by Crippen LogP contribution is -2.24. The normalized spacial score (nSPS) is 10.8. The zero-order valence-corrected chi connectivity index (χ0v) is 11.7. The third-order valence-electron chi connectivity index (χ3n) is 2.54. The van der Waals surface area contributed by atoms with Crippen molar-refractivity contribution in [3.63, 3.8) is 0 Å². The highest BCUT2D eigenvalue weighted by molar-refractivity contribution is 7.09. The number of amides is 1. The van der Waals surface area contributed by atoms with Gasteiger partial charge in [-0.05, 0) is 24.6 Å². The van der Waals surface area contributed by atoms with Gasteiger partial charge in [0.05, 0.1) is 17.2 Å². The third kappa shape index (κ3) is 3.99. The summed E-state index contributed by atoms with van der Waals surface area (Å²) in [7, 11) is 1.77. The Labute approximate surface area is 116 Å². The number of carbonyl (C=O) groups is 1. The smallest absolute Gasteiger partial charge is 0.246 e. The van der Waals surface area contributed by atoms with E-state index >= 15 is 0 Å². The number of aromatic nitrogens is 2. The molecule has 0 radical (unpaired) electrons. The first-order valence-electron chi connectivity index (χ1n) is 5.89. The van der Waals surface area contributed by atoms with E-state index in [1.165, 1.54) is 0 Å². The van der Waals surface area contributed by atoms with Gasteiger partial charge in [-0.2, -0.15) is 0 Å². The number of nitrogens with zero attached hydrogens (tertiary/aromatic N) is 3. The fourth-order valence-corrected chi connectivity index (χ4v) is 2.17. The largest absolute Gasteiger partial charge is 0.336 e. The molecule has 0 fully saturated rings. The number of rotatable bonds is 4. The van der Waals surface area contributed by atoms with Gasteiger partial charge in [-0.15, -0.1) is 11.3 Å². The van der Waals surface area contributed by atoms with Gasteiger partial charge in [0, 0.05) is 30.9 Å². The molecular weight excluding hydrogens is 258 g/mol. The van der Waals surface area contributed by atoms with Crippen LogP contribution in [0.3, 0.4) is 0 Å². The summed E-state index contributed by atoms with van der Waals surface area (Å²) >= 11 is 1.59. The maximum atomic E-state index is 11.9. The Kier molecular flexibility index (Phi) is 4.41. The molecule has 0 aliphatic rings. The standard InChI is InChI=1S/C14H15N3OS/c1-11-16-13(10-19-11)9-17(2)14(18)6-5-12-4-3-7-15-8-12/h3-8,10H,9H2,1-2H3. The van der Waals surface area contributed by atoms with Crippen molar-refractivity contribution in [3.05, 3.63) is 52.2 Å². The number of carbonyl (C=O) groups excluding carboxylic acids is 1. The van der Waals surface area contributed by atoms with Crippen LogP contribution in [0.2, 0.25) is 0 Å². The minimum Gasteiger partial charge on any atom is -0.336 e. The molecule has 0 atom stereocenters. The third-order valence-corrected chi connectivity index (χ3v) is 3.37. The van der Waals surface area contributed by atoms with Crippen molar-refractivity contribution in [2.75, 3.05) is 7.05 Å². The summed E-state index contributed by atoms with van der Waals surface area (Å²) in [5, 5.41) is 2.99. The molecule has 98 valence electrons. The van der Waals surface area contributed by atoms with Crippen molar-refractivity contribution >= 4 is 23.3 Å². The van der Waals surface area contributed by atoms with Crippen LogP contribution in [0.25, 0.3) is 6.08 Å². The van der Waals surface area contributed by atoms with Gasteiger partial charge in [-0.25, -0.2) is 4.98 Å². The van der Waals surface area contributed by atoms with E-state index in [2.05, 4.69) is 9.97 Å². The average Bonchev–Trinajstić information content (AvgIpc) is 2.82. The quantitative estimate of drug-likeness (QED) is 0.804. The molecule has 0 aliphatic heterocycles. The first kappa shape index (κ1) is 13.4. The molecule has 0 aliphatic carbocycles. The highest BCUT2D eigenvalue weighted by Crippen LogP contribution is 2.10. The SMILES string of the molecule is Cc1nc(CN(C)C(=O)C=Cc2cccnc2)cs1. The summed E-state index contributed by atoms with van der Waals surface area (Å²) in [6.07, 6.45) is 6.73. The van der Waals surface area contributed by atoms with E-state index in [0.29, 0.717) is 6.54 Å². The number of likely N-dealkylation sites (N-methyl/N-ethyl adjacent to an activating group) is 1. The molecule has 0 unspecified atom stereocenters. The predicted molar refractivity (Wildman–Crippen MR) is 76.6 cm³/mol. The monoisotopic (exact) mass is 273 g/mol. The molecule has 0 spiro atoms. The lowest BCUT2D eigenvalue weighted by Gasteiger charge is -2.13. The molecule has 1 amide bonds. The van der Waals surface area contributed by atoms with E-state index in [1.807, 2.05) is 24.4 Å². The van der Waals surface area contributed by atoms with E-state index in [4.69, 9.17) is 0 Å². The highest BCUT2D eigenvalue weighted by Gasteiger charge is 2.07. The van der Waals surface area contributed by atoms with Crippen molar-refractivity contribution < 1.29 is 4.79 Å². The number of pyridine rings is 1. The fourth-order valence-electron chi connectivity index (χ4n) is 1.57. The van der Waals surface area contributed by atoms with Crippen LogP contribution in [-0.4, -0.2) is 27.8 Å². The second-order valence-electron chi connectivity index (χ2n) is 4.17. The minimum absolute atomic E-state index is 0.0468. The van der Waals surface area contributed by atoms with Gasteiger partial charge in [0.2, 0.25) is 5.91 Å². The van der Waals surface area contributed by atoms with Crippen molar-refractivity contribution in [2.24, 2.45) is 0 Å². The minimum atomic E-state index is -0.0468. The topological polar surface area (TPSA) is 46.1 Å². The Hall–Kier alpha value is -2.01. The van der Waals surface area contributed by atoms with Crippen LogP contribution in [-0.2, 0) is 11.3 Å². The Morgan fingerprint density at radius 3 is 3.00 bits per heavy atom. The van der Waals surface area contributed by atoms with E-state index in [-0.39, 0.29) is 5.91 Å². The summed E-state index contributed by atoms with van der Waals surface area (Å²) in [4.78, 5) is 21.9. The van der Waals surface area contributed by atoms with E-state index in [1.54, 1.807) is 47.8 Å². The number of hydrogen-bond donors (Lipinski definition) is 0. The maximum Gasteiger partial charge on any atom is 0.246 e. The molecular formula is C14H15N3OS. The molecule has 0 aromatic carbocycles. The van der Waals surface area contributed by atoms with Crippen LogP contribution in [0.1, 0.15) is 16.3 Å². The molecule has 2 aromatic rings. The number of aryl methyl sites for hydroxylation is 1. The van der Waals surface area contributed by atoms with Gasteiger partial charge in [-0.3, -0.25) is 9.78 Å². The molecule has 0 N–H and O–H groups in total. The van der Waals surface area contributed by atoms with Crippen molar-refractivity contribution in [1.82, 2.24) is 14.9 Å². The lowest BCUT2D eigenvalue weighted by atomic mass is 10.2. The first-order chi connectivity index (χ1) is 9.15. The van der Waals surface area contributed by atoms with Gasteiger partial charge >= 0.3 is 0 Å². The zero-order valence-electron chi connectivity index (χ0n) is 10.9. The van der Waals surface area contributed by atoms with Gasteiger partial charge in [0.15, 0.2) is 0 Å². The van der Waals surface area contributed by atoms with E-state index in [9.17, 15) is 4.79 Å². The maximum absolute atomic E-state index is 11.9. The Morgan fingerprint density at radius 2 is 2.37 bits per heavy atom. The highest BCUT2D eigenvalue weighted by atomic mass is 32.1. The molecule has 2 aromatic heterocycles. The second kappa shape index (κ2) is 6.24. The molecule has 0 saturated heterocycles. The number of thiazole rings is 1. The molecule has 2 rings (SSSR count). The Morgan fingerprint density at radius 1 is 1.53 bits per heavy atom.